The molecule has 0 saturated heterocycles. The molecule has 0 bridgehead atoms. The maximum atomic E-state index is 11.8. The first kappa shape index (κ1) is 16.5. The number of rotatable bonds is 8. The van der Waals surface area contributed by atoms with Crippen molar-refractivity contribution in [2.24, 2.45) is 0 Å². The zero-order valence-electron chi connectivity index (χ0n) is 12.6. The minimum atomic E-state index is -0.862. The maximum Gasteiger partial charge on any atom is 0.374 e. The number of nitrogens with zero attached hydrogens (tertiary/aromatic N) is 1. The highest BCUT2D eigenvalue weighted by Crippen LogP contribution is 2.06. The Morgan fingerprint density at radius 2 is 1.65 bits per heavy atom. The molecule has 0 atom stereocenters. The smallest absolute Gasteiger partial charge is 0.374 e. The Bertz CT molecular complexity index is 668. The van der Waals surface area contributed by atoms with E-state index in [4.69, 9.17) is 4.74 Å². The Labute approximate surface area is 134 Å². The summed E-state index contributed by atoms with van der Waals surface area (Å²) in [6, 6.07) is 14.2. The van der Waals surface area contributed by atoms with Crippen LogP contribution < -0.4 is 0 Å². The van der Waals surface area contributed by atoms with Crippen molar-refractivity contribution in [2.75, 3.05) is 0 Å². The highest BCUT2D eigenvalue weighted by molar-refractivity contribution is 6.33. The Balaban J connectivity index is 1.70. The number of carbonyl (C=O) groups excluding carboxylic acids is 3. The molecule has 2 rings (SSSR count). The molecular formula is C18H17NO4. The van der Waals surface area contributed by atoms with Crippen LogP contribution in [0.2, 0.25) is 0 Å². The SMILES string of the molecule is O=C(CCCC(=O)c1ccccn1)C(=O)OCc1ccccc1. The number of esters is 1. The second-order valence-electron chi connectivity index (χ2n) is 4.98. The highest BCUT2D eigenvalue weighted by Gasteiger charge is 2.16. The minimum Gasteiger partial charge on any atom is -0.455 e. The third-order valence-electron chi connectivity index (χ3n) is 3.20. The van der Waals surface area contributed by atoms with Gasteiger partial charge in [-0.1, -0.05) is 36.4 Å². The van der Waals surface area contributed by atoms with Crippen molar-refractivity contribution in [3.8, 4) is 0 Å². The molecule has 5 heteroatoms. The van der Waals surface area contributed by atoms with Crippen LogP contribution >= 0.6 is 0 Å². The van der Waals surface area contributed by atoms with Crippen LogP contribution in [-0.4, -0.2) is 22.5 Å². The van der Waals surface area contributed by atoms with Crippen molar-refractivity contribution >= 4 is 17.5 Å². The van der Waals surface area contributed by atoms with Gasteiger partial charge >= 0.3 is 5.97 Å². The lowest BCUT2D eigenvalue weighted by Crippen LogP contribution is -2.17. The molecule has 23 heavy (non-hydrogen) atoms. The lowest BCUT2D eigenvalue weighted by atomic mass is 10.1. The Kier molecular flexibility index (Phi) is 6.17. The maximum absolute atomic E-state index is 11.8. The molecule has 0 aliphatic heterocycles. The van der Waals surface area contributed by atoms with E-state index in [1.807, 2.05) is 30.3 Å². The standard InChI is InChI=1S/C18H17NO4/c20-16(15-9-4-5-12-19-15)10-6-11-17(21)18(22)23-13-14-7-2-1-3-8-14/h1-5,7-9,12H,6,10-11,13H2. The molecule has 0 saturated carbocycles. The predicted octanol–water partition coefficient (Wildman–Crippen LogP) is 2.75. The average molecular weight is 311 g/mol. The van der Waals surface area contributed by atoms with E-state index >= 15 is 0 Å². The Morgan fingerprint density at radius 1 is 0.913 bits per heavy atom. The highest BCUT2D eigenvalue weighted by atomic mass is 16.5. The van der Waals surface area contributed by atoms with Gasteiger partial charge < -0.3 is 4.74 Å². The van der Waals surface area contributed by atoms with Gasteiger partial charge in [0.2, 0.25) is 5.78 Å². The van der Waals surface area contributed by atoms with Crippen LogP contribution in [0.1, 0.15) is 35.3 Å². The quantitative estimate of drug-likeness (QED) is 0.426. The van der Waals surface area contributed by atoms with Crippen molar-refractivity contribution in [1.82, 2.24) is 4.98 Å². The van der Waals surface area contributed by atoms with Crippen molar-refractivity contribution in [2.45, 2.75) is 25.9 Å². The minimum absolute atomic E-state index is 0.00774. The molecule has 0 aliphatic carbocycles. The number of hydrogen-bond acceptors (Lipinski definition) is 5. The summed E-state index contributed by atoms with van der Waals surface area (Å²) in [5.74, 6) is -1.62. The lowest BCUT2D eigenvalue weighted by molar-refractivity contribution is -0.154. The third-order valence-corrected chi connectivity index (χ3v) is 3.20. The van der Waals surface area contributed by atoms with Crippen molar-refractivity contribution in [1.29, 1.82) is 0 Å². The number of carbonyl (C=O) groups is 3. The number of aromatic nitrogens is 1. The van der Waals surface area contributed by atoms with Crippen LogP contribution in [0.3, 0.4) is 0 Å². The van der Waals surface area contributed by atoms with Gasteiger partial charge in [-0.25, -0.2) is 4.79 Å². The van der Waals surface area contributed by atoms with E-state index in [0.29, 0.717) is 12.1 Å². The second-order valence-corrected chi connectivity index (χ2v) is 4.98. The van der Waals surface area contributed by atoms with Gasteiger partial charge in [0.25, 0.3) is 0 Å². The number of ether oxygens (including phenoxy) is 1. The number of Topliss-reactive ketones (excluding diaryl/α,β-unsaturated/α-hetero) is 2. The summed E-state index contributed by atoms with van der Waals surface area (Å²) < 4.78 is 4.95. The van der Waals surface area contributed by atoms with E-state index in [1.165, 1.54) is 0 Å². The molecule has 5 nitrogen and oxygen atoms in total. The Morgan fingerprint density at radius 3 is 2.35 bits per heavy atom. The first-order valence-corrected chi connectivity index (χ1v) is 7.35. The monoisotopic (exact) mass is 311 g/mol. The van der Waals surface area contributed by atoms with E-state index < -0.39 is 11.8 Å². The first-order chi connectivity index (χ1) is 11.2. The Hall–Kier alpha value is -2.82. The van der Waals surface area contributed by atoms with Crippen LogP contribution in [0.25, 0.3) is 0 Å². The molecule has 0 amide bonds. The second kappa shape index (κ2) is 8.58. The fourth-order valence-corrected chi connectivity index (χ4v) is 1.97. The van der Waals surface area contributed by atoms with E-state index in [-0.39, 0.29) is 25.2 Å². The van der Waals surface area contributed by atoms with E-state index in [0.717, 1.165) is 5.56 Å². The van der Waals surface area contributed by atoms with Gasteiger partial charge in [-0.2, -0.15) is 0 Å². The summed E-state index contributed by atoms with van der Waals surface area (Å²) in [6.07, 6.45) is 2.01. The number of hydrogen-bond donors (Lipinski definition) is 0. The molecule has 0 fully saturated rings. The largest absolute Gasteiger partial charge is 0.455 e. The van der Waals surface area contributed by atoms with Crippen LogP contribution in [-0.2, 0) is 20.9 Å². The summed E-state index contributed by atoms with van der Waals surface area (Å²) >= 11 is 0. The average Bonchev–Trinajstić information content (AvgIpc) is 2.61. The fourth-order valence-electron chi connectivity index (χ4n) is 1.97. The molecule has 0 spiro atoms. The van der Waals surface area contributed by atoms with Crippen LogP contribution in [0, 0.1) is 0 Å². The van der Waals surface area contributed by atoms with E-state index in [2.05, 4.69) is 4.98 Å². The molecule has 1 heterocycles. The van der Waals surface area contributed by atoms with Crippen molar-refractivity contribution in [3.63, 3.8) is 0 Å². The molecule has 118 valence electrons. The zero-order valence-corrected chi connectivity index (χ0v) is 12.6. The van der Waals surface area contributed by atoms with Crippen molar-refractivity contribution in [3.05, 3.63) is 66.0 Å². The zero-order chi connectivity index (χ0) is 16.5. The van der Waals surface area contributed by atoms with Gasteiger partial charge in [-0.3, -0.25) is 14.6 Å². The van der Waals surface area contributed by atoms with Crippen molar-refractivity contribution < 1.29 is 19.1 Å². The van der Waals surface area contributed by atoms with Gasteiger partial charge in [0, 0.05) is 19.0 Å². The number of benzene rings is 1. The summed E-state index contributed by atoms with van der Waals surface area (Å²) in [5.41, 5.74) is 1.19. The molecule has 0 radical (unpaired) electrons. The first-order valence-electron chi connectivity index (χ1n) is 7.35. The van der Waals surface area contributed by atoms with E-state index in [9.17, 15) is 14.4 Å². The lowest BCUT2D eigenvalue weighted by Gasteiger charge is -2.04. The topological polar surface area (TPSA) is 73.3 Å². The van der Waals surface area contributed by atoms with Gasteiger partial charge in [-0.05, 0) is 24.1 Å². The van der Waals surface area contributed by atoms with Gasteiger partial charge in [0.1, 0.15) is 12.3 Å². The van der Waals surface area contributed by atoms with Crippen LogP contribution in [0.15, 0.2) is 54.7 Å². The summed E-state index contributed by atoms with van der Waals surface area (Å²) in [6.45, 7) is 0.0677. The number of ketones is 2. The summed E-state index contributed by atoms with van der Waals surface area (Å²) in [4.78, 5) is 39.0. The molecule has 2 aromatic rings. The van der Waals surface area contributed by atoms with E-state index in [1.54, 1.807) is 24.4 Å². The third kappa shape index (κ3) is 5.47. The summed E-state index contributed by atoms with van der Waals surface area (Å²) in [7, 11) is 0. The molecule has 1 aromatic carbocycles. The molecular weight excluding hydrogens is 294 g/mol. The van der Waals surface area contributed by atoms with Crippen LogP contribution in [0.5, 0.6) is 0 Å². The fraction of sp³-hybridized carbons (Fsp3) is 0.222. The predicted molar refractivity (Wildman–Crippen MR) is 83.7 cm³/mol. The van der Waals surface area contributed by atoms with Gasteiger partial charge in [0.15, 0.2) is 5.78 Å². The normalized spacial score (nSPS) is 10.1. The molecule has 0 unspecified atom stereocenters. The molecule has 0 aliphatic rings. The van der Waals surface area contributed by atoms with Gasteiger partial charge in [0.05, 0.1) is 0 Å². The molecule has 0 N–H and O–H groups in total. The number of pyridine rings is 1. The van der Waals surface area contributed by atoms with Gasteiger partial charge in [-0.15, -0.1) is 0 Å². The van der Waals surface area contributed by atoms with Crippen LogP contribution in [0.4, 0.5) is 0 Å². The molecule has 1 aromatic heterocycles. The summed E-state index contributed by atoms with van der Waals surface area (Å²) in [5, 5.41) is 0.